The van der Waals surface area contributed by atoms with Crippen molar-refractivity contribution in [2.24, 2.45) is 11.1 Å². The van der Waals surface area contributed by atoms with Crippen molar-refractivity contribution in [2.75, 3.05) is 0 Å². The number of carboxylic acid groups (broad SMARTS) is 1. The lowest BCUT2D eigenvalue weighted by molar-refractivity contribution is -0.144. The molecule has 2 atom stereocenters. The summed E-state index contributed by atoms with van der Waals surface area (Å²) in [7, 11) is 0. The van der Waals surface area contributed by atoms with E-state index in [0.29, 0.717) is 18.6 Å². The van der Waals surface area contributed by atoms with E-state index in [1.165, 1.54) is 0 Å². The molecule has 2 rings (SSSR count). The molecule has 1 unspecified atom stereocenters. The van der Waals surface area contributed by atoms with Crippen LogP contribution >= 0.6 is 0 Å². The van der Waals surface area contributed by atoms with Gasteiger partial charge in [-0.1, -0.05) is 49.3 Å². The van der Waals surface area contributed by atoms with Crippen molar-refractivity contribution in [3.05, 3.63) is 35.9 Å². The number of benzene rings is 1. The Bertz CT molecular complexity index is 569. The number of aliphatic carboxylic acids is 1. The maximum absolute atomic E-state index is 12.1. The standard InChI is InChI=1S/C16H20N2O4/c1-10(2)8-13(16(20)21)17-15(19)14-9-12(18-22-14)11-6-4-3-5-7-11/h3-7,10,13-14H,8-9H2,1-2H3,(H,17,19)(H,20,21)/t13-,14?/m0/s1. The molecule has 1 aromatic carbocycles. The van der Waals surface area contributed by atoms with Gasteiger partial charge in [-0.05, 0) is 17.9 Å². The number of carboxylic acids is 1. The lowest BCUT2D eigenvalue weighted by atomic mass is 10.0. The first-order valence-corrected chi connectivity index (χ1v) is 7.28. The van der Waals surface area contributed by atoms with Crippen LogP contribution in [0.15, 0.2) is 35.5 Å². The molecule has 6 heteroatoms. The van der Waals surface area contributed by atoms with E-state index in [4.69, 9.17) is 9.94 Å². The summed E-state index contributed by atoms with van der Waals surface area (Å²) in [5.41, 5.74) is 1.59. The van der Waals surface area contributed by atoms with Gasteiger partial charge in [-0.15, -0.1) is 0 Å². The molecule has 0 aliphatic carbocycles. The Morgan fingerprint density at radius 2 is 2.05 bits per heavy atom. The summed E-state index contributed by atoms with van der Waals surface area (Å²) in [6.45, 7) is 3.82. The van der Waals surface area contributed by atoms with Gasteiger partial charge >= 0.3 is 5.97 Å². The molecule has 0 bridgehead atoms. The minimum atomic E-state index is -1.04. The van der Waals surface area contributed by atoms with Crippen LogP contribution < -0.4 is 5.32 Å². The second-order valence-corrected chi connectivity index (χ2v) is 5.73. The Morgan fingerprint density at radius 1 is 1.36 bits per heavy atom. The van der Waals surface area contributed by atoms with Crippen molar-refractivity contribution in [1.29, 1.82) is 0 Å². The van der Waals surface area contributed by atoms with Gasteiger partial charge in [-0.25, -0.2) is 4.79 Å². The molecule has 22 heavy (non-hydrogen) atoms. The average Bonchev–Trinajstić information content (AvgIpc) is 2.96. The molecule has 6 nitrogen and oxygen atoms in total. The van der Waals surface area contributed by atoms with Crippen molar-refractivity contribution in [2.45, 2.75) is 38.8 Å². The number of carbonyl (C=O) groups is 2. The monoisotopic (exact) mass is 304 g/mol. The van der Waals surface area contributed by atoms with Gasteiger partial charge in [-0.3, -0.25) is 4.79 Å². The Hall–Kier alpha value is -2.37. The van der Waals surface area contributed by atoms with Gasteiger partial charge in [0.25, 0.3) is 5.91 Å². The van der Waals surface area contributed by atoms with Gasteiger partial charge in [0, 0.05) is 6.42 Å². The molecule has 1 aromatic rings. The fourth-order valence-electron chi connectivity index (χ4n) is 2.28. The predicted molar refractivity (Wildman–Crippen MR) is 81.5 cm³/mol. The van der Waals surface area contributed by atoms with E-state index in [2.05, 4.69) is 10.5 Å². The van der Waals surface area contributed by atoms with Crippen LogP contribution in [-0.4, -0.2) is 34.8 Å². The van der Waals surface area contributed by atoms with Crippen LogP contribution in [0.25, 0.3) is 0 Å². The zero-order valence-electron chi connectivity index (χ0n) is 12.7. The van der Waals surface area contributed by atoms with Crippen molar-refractivity contribution in [1.82, 2.24) is 5.32 Å². The summed E-state index contributed by atoms with van der Waals surface area (Å²) >= 11 is 0. The van der Waals surface area contributed by atoms with Gasteiger partial charge in [-0.2, -0.15) is 0 Å². The molecule has 2 N–H and O–H groups in total. The molecule has 1 aliphatic rings. The maximum Gasteiger partial charge on any atom is 0.326 e. The summed E-state index contributed by atoms with van der Waals surface area (Å²) in [6.07, 6.45) is -0.0615. The number of hydrogen-bond donors (Lipinski definition) is 2. The van der Waals surface area contributed by atoms with Crippen LogP contribution in [0.5, 0.6) is 0 Å². The number of nitrogens with zero attached hydrogens (tertiary/aromatic N) is 1. The number of oxime groups is 1. The molecule has 0 saturated carbocycles. The van der Waals surface area contributed by atoms with Crippen molar-refractivity contribution in [3.63, 3.8) is 0 Å². The zero-order valence-corrected chi connectivity index (χ0v) is 12.7. The van der Waals surface area contributed by atoms with E-state index in [-0.39, 0.29) is 5.92 Å². The number of amides is 1. The first-order valence-electron chi connectivity index (χ1n) is 7.28. The lowest BCUT2D eigenvalue weighted by Gasteiger charge is -2.18. The number of rotatable bonds is 6. The summed E-state index contributed by atoms with van der Waals surface area (Å²) in [5, 5.41) is 15.6. The molecule has 0 saturated heterocycles. The first kappa shape index (κ1) is 16.0. The summed E-state index contributed by atoms with van der Waals surface area (Å²) < 4.78 is 0. The van der Waals surface area contributed by atoms with Crippen LogP contribution in [0, 0.1) is 5.92 Å². The number of nitrogens with one attached hydrogen (secondary N) is 1. The molecule has 1 heterocycles. The fourth-order valence-corrected chi connectivity index (χ4v) is 2.28. The SMILES string of the molecule is CC(C)C[C@H](NC(=O)C1CC(c2ccccc2)=NO1)C(=O)O. The fraction of sp³-hybridized carbons (Fsp3) is 0.438. The number of hydrogen-bond acceptors (Lipinski definition) is 4. The van der Waals surface area contributed by atoms with E-state index in [1.54, 1.807) is 0 Å². The Kier molecular flexibility index (Phi) is 5.14. The highest BCUT2D eigenvalue weighted by Crippen LogP contribution is 2.17. The van der Waals surface area contributed by atoms with Crippen LogP contribution in [-0.2, 0) is 14.4 Å². The minimum Gasteiger partial charge on any atom is -0.480 e. The van der Waals surface area contributed by atoms with E-state index >= 15 is 0 Å². The number of carbonyl (C=O) groups excluding carboxylic acids is 1. The van der Waals surface area contributed by atoms with Crippen molar-refractivity contribution in [3.8, 4) is 0 Å². The van der Waals surface area contributed by atoms with Gasteiger partial charge < -0.3 is 15.3 Å². The third-order valence-electron chi connectivity index (χ3n) is 3.39. The lowest BCUT2D eigenvalue weighted by Crippen LogP contribution is -2.46. The van der Waals surface area contributed by atoms with Gasteiger partial charge in [0.15, 0.2) is 0 Å². The van der Waals surface area contributed by atoms with E-state index in [0.717, 1.165) is 5.56 Å². The Labute approximate surface area is 129 Å². The Balaban J connectivity index is 1.94. The quantitative estimate of drug-likeness (QED) is 0.838. The van der Waals surface area contributed by atoms with Gasteiger partial charge in [0.05, 0.1) is 5.71 Å². The molecule has 0 radical (unpaired) electrons. The van der Waals surface area contributed by atoms with Crippen LogP contribution in [0.3, 0.4) is 0 Å². The maximum atomic E-state index is 12.1. The molecule has 0 spiro atoms. The molecule has 1 aliphatic heterocycles. The smallest absolute Gasteiger partial charge is 0.326 e. The van der Waals surface area contributed by atoms with Crippen LogP contribution in [0.1, 0.15) is 32.3 Å². The third-order valence-corrected chi connectivity index (χ3v) is 3.39. The summed E-state index contributed by atoms with van der Waals surface area (Å²) in [6, 6.07) is 8.54. The molecule has 1 amide bonds. The largest absolute Gasteiger partial charge is 0.480 e. The summed E-state index contributed by atoms with van der Waals surface area (Å²) in [5.74, 6) is -1.31. The average molecular weight is 304 g/mol. The van der Waals surface area contributed by atoms with E-state index < -0.39 is 24.0 Å². The summed E-state index contributed by atoms with van der Waals surface area (Å²) in [4.78, 5) is 28.5. The van der Waals surface area contributed by atoms with Crippen LogP contribution in [0.4, 0.5) is 0 Å². The van der Waals surface area contributed by atoms with E-state index in [1.807, 2.05) is 44.2 Å². The first-order chi connectivity index (χ1) is 10.5. The highest BCUT2D eigenvalue weighted by molar-refractivity contribution is 6.04. The second kappa shape index (κ2) is 7.06. The van der Waals surface area contributed by atoms with Crippen molar-refractivity contribution >= 4 is 17.6 Å². The van der Waals surface area contributed by atoms with Crippen LogP contribution in [0.2, 0.25) is 0 Å². The third kappa shape index (κ3) is 4.07. The molecule has 118 valence electrons. The second-order valence-electron chi connectivity index (χ2n) is 5.73. The highest BCUT2D eigenvalue weighted by atomic mass is 16.6. The van der Waals surface area contributed by atoms with Crippen molar-refractivity contribution < 1.29 is 19.5 Å². The zero-order chi connectivity index (χ0) is 16.1. The highest BCUT2D eigenvalue weighted by Gasteiger charge is 2.31. The Morgan fingerprint density at radius 3 is 2.64 bits per heavy atom. The molecule has 0 fully saturated rings. The van der Waals surface area contributed by atoms with Gasteiger partial charge in [0.1, 0.15) is 6.04 Å². The molecule has 0 aromatic heterocycles. The molecular weight excluding hydrogens is 284 g/mol. The minimum absolute atomic E-state index is 0.169. The van der Waals surface area contributed by atoms with Gasteiger partial charge in [0.2, 0.25) is 6.10 Å². The van der Waals surface area contributed by atoms with E-state index in [9.17, 15) is 9.59 Å². The topological polar surface area (TPSA) is 88.0 Å². The predicted octanol–water partition coefficient (Wildman–Crippen LogP) is 1.80. The normalized spacial score (nSPS) is 18.5. The molecular formula is C16H20N2O4.